The predicted octanol–water partition coefficient (Wildman–Crippen LogP) is 3.44. The van der Waals surface area contributed by atoms with Crippen LogP contribution in [0, 0.1) is 0 Å². The number of hydrogen-bond acceptors (Lipinski definition) is 3. The molecule has 0 spiro atoms. The second kappa shape index (κ2) is 6.94. The van der Waals surface area contributed by atoms with Crippen LogP contribution in [0.3, 0.4) is 0 Å². The van der Waals surface area contributed by atoms with Crippen LogP contribution in [0.2, 0.25) is 0 Å². The van der Waals surface area contributed by atoms with Gasteiger partial charge in [-0.25, -0.2) is 0 Å². The van der Waals surface area contributed by atoms with Gasteiger partial charge in [0.2, 0.25) is 0 Å². The fourth-order valence-electron chi connectivity index (χ4n) is 2.51. The maximum absolute atomic E-state index is 11.4. The molecule has 4 heteroatoms. The van der Waals surface area contributed by atoms with Crippen LogP contribution in [0.4, 0.5) is 0 Å². The highest BCUT2D eigenvalue weighted by Gasteiger charge is 2.25. The van der Waals surface area contributed by atoms with Crippen molar-refractivity contribution in [2.24, 2.45) is 0 Å². The summed E-state index contributed by atoms with van der Waals surface area (Å²) in [7, 11) is 1.44. The third-order valence-electron chi connectivity index (χ3n) is 3.50. The molecule has 0 saturated heterocycles. The van der Waals surface area contributed by atoms with Crippen molar-refractivity contribution in [2.75, 3.05) is 19.0 Å². The van der Waals surface area contributed by atoms with Gasteiger partial charge in [-0.2, -0.15) is 0 Å². The van der Waals surface area contributed by atoms with E-state index >= 15 is 0 Å². The first-order valence-electron chi connectivity index (χ1n) is 6.63. The summed E-state index contributed by atoms with van der Waals surface area (Å²) in [4.78, 5) is 11.4. The fourth-order valence-corrected chi connectivity index (χ4v) is 2.74. The first kappa shape index (κ1) is 14.4. The largest absolute Gasteiger partial charge is 0.494 e. The van der Waals surface area contributed by atoms with Crippen LogP contribution < -0.4 is 4.74 Å². The van der Waals surface area contributed by atoms with E-state index in [-0.39, 0.29) is 5.97 Å². The van der Waals surface area contributed by atoms with Crippen molar-refractivity contribution in [3.05, 3.63) is 29.3 Å². The van der Waals surface area contributed by atoms with Crippen LogP contribution in [0.5, 0.6) is 5.75 Å². The number of fused-ring (bicyclic) bond motifs is 1. The van der Waals surface area contributed by atoms with Crippen LogP contribution in [0.25, 0.3) is 0 Å². The summed E-state index contributed by atoms with van der Waals surface area (Å²) in [6.07, 6.45) is 3.53. The number of methoxy groups -OCH3 is 1. The molecule has 1 aromatic carbocycles. The number of benzene rings is 1. The monoisotopic (exact) mass is 326 g/mol. The number of halogens is 1. The van der Waals surface area contributed by atoms with Gasteiger partial charge >= 0.3 is 5.97 Å². The highest BCUT2D eigenvalue weighted by atomic mass is 79.9. The number of esters is 1. The molecule has 1 aliphatic carbocycles. The molecule has 2 rings (SSSR count). The van der Waals surface area contributed by atoms with Crippen molar-refractivity contribution in [1.82, 2.24) is 0 Å². The lowest BCUT2D eigenvalue weighted by Gasteiger charge is -2.11. The summed E-state index contributed by atoms with van der Waals surface area (Å²) < 4.78 is 10.4. The van der Waals surface area contributed by atoms with E-state index in [1.54, 1.807) is 0 Å². The molecule has 0 amide bonds. The van der Waals surface area contributed by atoms with Gasteiger partial charge in [0.05, 0.1) is 20.1 Å². The zero-order valence-electron chi connectivity index (χ0n) is 11.2. The molecule has 0 heterocycles. The summed E-state index contributed by atoms with van der Waals surface area (Å²) in [5.41, 5.74) is 2.59. The number of carbonyl (C=O) groups excluding carboxylic acids is 1. The lowest BCUT2D eigenvalue weighted by molar-refractivity contribution is -0.141. The second-order valence-corrected chi connectivity index (χ2v) is 5.56. The molecule has 3 nitrogen and oxygen atoms in total. The number of hydrogen-bond donors (Lipinski definition) is 0. The van der Waals surface area contributed by atoms with Gasteiger partial charge in [-0.1, -0.05) is 22.0 Å². The van der Waals surface area contributed by atoms with E-state index in [0.29, 0.717) is 12.3 Å². The highest BCUT2D eigenvalue weighted by Crippen LogP contribution is 2.37. The smallest absolute Gasteiger partial charge is 0.306 e. The van der Waals surface area contributed by atoms with Crippen LogP contribution in [-0.4, -0.2) is 25.0 Å². The SMILES string of the molecule is COC(=O)C[C@@H]1CCc2cc(OCCCBr)ccc21. The molecular weight excluding hydrogens is 308 g/mol. The van der Waals surface area contributed by atoms with Gasteiger partial charge in [0.15, 0.2) is 0 Å². The van der Waals surface area contributed by atoms with Gasteiger partial charge in [0.1, 0.15) is 5.75 Å². The maximum Gasteiger partial charge on any atom is 0.306 e. The average molecular weight is 327 g/mol. The van der Waals surface area contributed by atoms with Crippen LogP contribution >= 0.6 is 15.9 Å². The Hall–Kier alpha value is -1.03. The van der Waals surface area contributed by atoms with Gasteiger partial charge in [-0.05, 0) is 48.4 Å². The Morgan fingerprint density at radius 3 is 3.05 bits per heavy atom. The molecule has 104 valence electrons. The fraction of sp³-hybridized carbons (Fsp3) is 0.533. The molecule has 0 N–H and O–H groups in total. The molecule has 1 aliphatic rings. The van der Waals surface area contributed by atoms with Crippen LogP contribution in [-0.2, 0) is 16.0 Å². The van der Waals surface area contributed by atoms with Crippen molar-refractivity contribution in [1.29, 1.82) is 0 Å². The molecule has 0 saturated carbocycles. The first-order valence-corrected chi connectivity index (χ1v) is 7.75. The highest BCUT2D eigenvalue weighted by molar-refractivity contribution is 9.09. The summed E-state index contributed by atoms with van der Waals surface area (Å²) in [6.45, 7) is 0.732. The number of alkyl halides is 1. The molecular formula is C15H19BrO3. The van der Waals surface area contributed by atoms with Gasteiger partial charge in [-0.15, -0.1) is 0 Å². The van der Waals surface area contributed by atoms with Crippen molar-refractivity contribution in [3.8, 4) is 5.75 Å². The van der Waals surface area contributed by atoms with E-state index in [1.807, 2.05) is 6.07 Å². The summed E-state index contributed by atoms with van der Waals surface area (Å²) in [5, 5.41) is 0.957. The van der Waals surface area contributed by atoms with Crippen LogP contribution in [0.15, 0.2) is 18.2 Å². The molecule has 1 aromatic rings. The number of aryl methyl sites for hydroxylation is 1. The Morgan fingerprint density at radius 2 is 2.32 bits per heavy atom. The number of ether oxygens (including phenoxy) is 2. The predicted molar refractivity (Wildman–Crippen MR) is 78.0 cm³/mol. The Morgan fingerprint density at radius 1 is 1.47 bits per heavy atom. The molecule has 0 bridgehead atoms. The zero-order valence-corrected chi connectivity index (χ0v) is 12.7. The lowest BCUT2D eigenvalue weighted by Crippen LogP contribution is -2.06. The minimum absolute atomic E-state index is 0.129. The molecule has 0 fully saturated rings. The molecule has 0 unspecified atom stereocenters. The van der Waals surface area contributed by atoms with E-state index in [9.17, 15) is 4.79 Å². The standard InChI is InChI=1S/C15H19BrO3/c1-18-15(17)10-12-4-3-11-9-13(5-6-14(11)12)19-8-2-7-16/h5-6,9,12H,2-4,7-8,10H2,1H3/t12-/m0/s1. The average Bonchev–Trinajstić information content (AvgIpc) is 2.81. The third-order valence-corrected chi connectivity index (χ3v) is 4.06. The van der Waals surface area contributed by atoms with E-state index in [4.69, 9.17) is 9.47 Å². The quantitative estimate of drug-likeness (QED) is 0.456. The van der Waals surface area contributed by atoms with Gasteiger partial charge < -0.3 is 9.47 Å². The third kappa shape index (κ3) is 3.72. The summed E-state index contributed by atoms with van der Waals surface area (Å²) in [6, 6.07) is 6.21. The van der Waals surface area contributed by atoms with Gasteiger partial charge in [0, 0.05) is 5.33 Å². The zero-order chi connectivity index (χ0) is 13.7. The Kier molecular flexibility index (Phi) is 5.25. The molecule has 0 radical (unpaired) electrons. The minimum atomic E-state index is -0.129. The topological polar surface area (TPSA) is 35.5 Å². The molecule has 0 aromatic heterocycles. The van der Waals surface area contributed by atoms with Crippen molar-refractivity contribution in [2.45, 2.75) is 31.6 Å². The molecule has 1 atom stereocenters. The second-order valence-electron chi connectivity index (χ2n) is 4.77. The van der Waals surface area contributed by atoms with Crippen molar-refractivity contribution < 1.29 is 14.3 Å². The molecule has 0 aliphatic heterocycles. The van der Waals surface area contributed by atoms with Gasteiger partial charge in [0.25, 0.3) is 0 Å². The lowest BCUT2D eigenvalue weighted by atomic mass is 9.98. The van der Waals surface area contributed by atoms with Gasteiger partial charge in [-0.3, -0.25) is 4.79 Å². The van der Waals surface area contributed by atoms with E-state index in [2.05, 4.69) is 28.1 Å². The number of carbonyl (C=O) groups is 1. The van der Waals surface area contributed by atoms with E-state index < -0.39 is 0 Å². The Balaban J connectivity index is 2.01. The normalized spacial score (nSPS) is 17.1. The van der Waals surface area contributed by atoms with E-state index in [1.165, 1.54) is 18.2 Å². The molecule has 19 heavy (non-hydrogen) atoms. The summed E-state index contributed by atoms with van der Waals surface area (Å²) in [5.74, 6) is 1.10. The van der Waals surface area contributed by atoms with Crippen molar-refractivity contribution >= 4 is 21.9 Å². The first-order chi connectivity index (χ1) is 9.24. The number of rotatable bonds is 6. The minimum Gasteiger partial charge on any atom is -0.494 e. The Bertz CT molecular complexity index is 445. The maximum atomic E-state index is 11.4. The Labute approximate surface area is 122 Å². The van der Waals surface area contributed by atoms with E-state index in [0.717, 1.165) is 36.9 Å². The summed E-state index contributed by atoms with van der Waals surface area (Å²) >= 11 is 3.39. The van der Waals surface area contributed by atoms with Crippen LogP contribution in [0.1, 0.15) is 36.3 Å². The van der Waals surface area contributed by atoms with Crippen molar-refractivity contribution in [3.63, 3.8) is 0 Å².